The van der Waals surface area contributed by atoms with Crippen LogP contribution in [0.25, 0.3) is 0 Å². The minimum Gasteiger partial charge on any atom is -0.387 e. The van der Waals surface area contributed by atoms with E-state index in [-0.39, 0.29) is 24.4 Å². The van der Waals surface area contributed by atoms with Gasteiger partial charge in [-0.15, -0.1) is 0 Å². The van der Waals surface area contributed by atoms with E-state index in [2.05, 4.69) is 58.2 Å². The van der Waals surface area contributed by atoms with Crippen LogP contribution in [0.2, 0.25) is 0 Å². The Morgan fingerprint density at radius 3 is 2.06 bits per heavy atom. The van der Waals surface area contributed by atoms with Gasteiger partial charge in [0, 0.05) is 13.8 Å². The van der Waals surface area contributed by atoms with E-state index in [1.807, 2.05) is 33.8 Å². The monoisotopic (exact) mass is 662 g/mol. The van der Waals surface area contributed by atoms with Crippen LogP contribution in [0.5, 0.6) is 0 Å². The van der Waals surface area contributed by atoms with Gasteiger partial charge in [-0.2, -0.15) is 0 Å². The van der Waals surface area contributed by atoms with Gasteiger partial charge in [0.15, 0.2) is 11.6 Å². The van der Waals surface area contributed by atoms with Crippen molar-refractivity contribution >= 4 is 45.2 Å². The van der Waals surface area contributed by atoms with Crippen molar-refractivity contribution < 1.29 is 33.5 Å². The molecule has 176 valence electrons. The van der Waals surface area contributed by atoms with Crippen LogP contribution in [0, 0.1) is 0 Å². The molecule has 0 spiro atoms. The first-order valence-electron chi connectivity index (χ1n) is 10.9. The van der Waals surface area contributed by atoms with Crippen LogP contribution in [0.4, 0.5) is 0 Å². The predicted molar refractivity (Wildman–Crippen MR) is 131 cm³/mol. The van der Waals surface area contributed by atoms with Gasteiger partial charge in [0.25, 0.3) is 0 Å². The lowest BCUT2D eigenvalue weighted by Crippen LogP contribution is -2.54. The van der Waals surface area contributed by atoms with Crippen molar-refractivity contribution in [2.75, 3.05) is 6.61 Å². The van der Waals surface area contributed by atoms with E-state index in [4.69, 9.17) is 28.4 Å². The molecule has 0 bridgehead atoms. The first kappa shape index (κ1) is 24.8. The molecular weight excluding hydrogens is 630 g/mol. The summed E-state index contributed by atoms with van der Waals surface area (Å²) in [6.45, 7) is 10.3. The van der Waals surface area contributed by atoms with Crippen molar-refractivity contribution in [2.45, 2.75) is 108 Å². The molecule has 2 aliphatic carbocycles. The molecule has 7 nitrogen and oxygen atoms in total. The van der Waals surface area contributed by atoms with Crippen molar-refractivity contribution in [1.82, 2.24) is 0 Å². The topological polar surface area (TPSA) is 75.6 Å². The number of hydrogen-bond acceptors (Lipinski definition) is 7. The van der Waals surface area contributed by atoms with Crippen LogP contribution in [-0.2, 0) is 28.4 Å². The highest BCUT2D eigenvalue weighted by Gasteiger charge is 2.55. The molecule has 0 aromatic carbocycles. The number of hydrogen-bond donors (Lipinski definition) is 1. The number of unbranched alkanes of at least 4 members (excludes halogenated alkanes) is 1. The molecule has 9 heteroatoms. The summed E-state index contributed by atoms with van der Waals surface area (Å²) in [7, 11) is 0. The van der Waals surface area contributed by atoms with Gasteiger partial charge in [0.1, 0.15) is 48.8 Å². The molecule has 0 aromatic heterocycles. The van der Waals surface area contributed by atoms with Crippen molar-refractivity contribution in [3.8, 4) is 0 Å². The van der Waals surface area contributed by atoms with E-state index < -0.39 is 36.0 Å². The van der Waals surface area contributed by atoms with Crippen LogP contribution in [0.3, 0.4) is 0 Å². The largest absolute Gasteiger partial charge is 0.387 e. The van der Waals surface area contributed by atoms with E-state index in [1.54, 1.807) is 0 Å². The van der Waals surface area contributed by atoms with E-state index in [0.717, 1.165) is 20.0 Å². The number of rotatable bonds is 6. The summed E-state index contributed by atoms with van der Waals surface area (Å²) in [6, 6.07) is 0. The summed E-state index contributed by atoms with van der Waals surface area (Å²) in [5.41, 5.74) is 0. The molecule has 31 heavy (non-hydrogen) atoms. The summed E-state index contributed by atoms with van der Waals surface area (Å²) in [4.78, 5) is 0. The van der Waals surface area contributed by atoms with Crippen molar-refractivity contribution in [2.24, 2.45) is 0 Å². The Hall–Kier alpha value is 0.660. The van der Waals surface area contributed by atoms with Crippen molar-refractivity contribution in [3.05, 3.63) is 19.3 Å². The second kappa shape index (κ2) is 9.37. The third-order valence-corrected chi connectivity index (χ3v) is 7.84. The maximum atomic E-state index is 11.1. The Bertz CT molecular complexity index is 737. The van der Waals surface area contributed by atoms with E-state index in [9.17, 15) is 5.11 Å². The third-order valence-electron chi connectivity index (χ3n) is 5.89. The fourth-order valence-electron chi connectivity index (χ4n) is 4.53. The molecule has 0 radical (unpaired) electrons. The minimum absolute atomic E-state index is 0.215. The Morgan fingerprint density at radius 1 is 0.903 bits per heavy atom. The first-order valence-corrected chi connectivity index (χ1v) is 13.1. The number of aliphatic hydroxyl groups is 1. The van der Waals surface area contributed by atoms with Crippen molar-refractivity contribution in [3.63, 3.8) is 0 Å². The van der Waals surface area contributed by atoms with Gasteiger partial charge >= 0.3 is 0 Å². The highest BCUT2D eigenvalue weighted by Crippen LogP contribution is 2.44. The van der Waals surface area contributed by atoms with Gasteiger partial charge in [-0.05, 0) is 91.4 Å². The molecular formula is C22H32I2O7. The average Bonchev–Trinajstić information content (AvgIpc) is 3.18. The van der Waals surface area contributed by atoms with Crippen LogP contribution >= 0.6 is 45.2 Å². The smallest absolute Gasteiger partial charge is 0.164 e. The SMILES string of the molecule is CCCCOC1C=C(I)C2OC(C)(C)OC2[C@@H]1OC1C=C(I)C2OC(C)(C)OC2[C@@H]1O. The molecule has 0 aromatic rings. The van der Waals surface area contributed by atoms with Gasteiger partial charge in [-0.25, -0.2) is 0 Å². The van der Waals surface area contributed by atoms with E-state index in [0.29, 0.717) is 6.61 Å². The molecule has 4 aliphatic rings. The number of aliphatic hydroxyl groups excluding tert-OH is 1. The van der Waals surface area contributed by atoms with Crippen molar-refractivity contribution in [1.29, 1.82) is 0 Å². The molecule has 6 unspecified atom stereocenters. The quantitative estimate of drug-likeness (QED) is 0.341. The summed E-state index contributed by atoms with van der Waals surface area (Å²) in [6.07, 6.45) is 2.58. The second-order valence-electron chi connectivity index (χ2n) is 9.39. The first-order chi connectivity index (χ1) is 14.5. The van der Waals surface area contributed by atoms with Crippen LogP contribution in [-0.4, -0.2) is 72.1 Å². The lowest BCUT2D eigenvalue weighted by molar-refractivity contribution is -0.196. The number of fused-ring (bicyclic) bond motifs is 2. The van der Waals surface area contributed by atoms with Crippen LogP contribution in [0.1, 0.15) is 47.5 Å². The van der Waals surface area contributed by atoms with Gasteiger partial charge in [-0.1, -0.05) is 13.3 Å². The minimum atomic E-state index is -0.861. The van der Waals surface area contributed by atoms with Crippen LogP contribution in [0.15, 0.2) is 19.3 Å². The maximum Gasteiger partial charge on any atom is 0.164 e. The van der Waals surface area contributed by atoms with Gasteiger partial charge in [0.05, 0.1) is 0 Å². The average molecular weight is 662 g/mol. The predicted octanol–water partition coefficient (Wildman–Crippen LogP) is 3.99. The highest BCUT2D eigenvalue weighted by atomic mass is 127. The van der Waals surface area contributed by atoms with E-state index in [1.165, 1.54) is 0 Å². The number of ether oxygens (including phenoxy) is 6. The Kier molecular flexibility index (Phi) is 7.49. The van der Waals surface area contributed by atoms with Gasteiger partial charge < -0.3 is 33.5 Å². The molecule has 4 rings (SSSR count). The molecule has 2 saturated heterocycles. The normalized spacial score (nSPS) is 43.2. The zero-order valence-electron chi connectivity index (χ0n) is 18.5. The van der Waals surface area contributed by atoms with Gasteiger partial charge in [-0.3, -0.25) is 0 Å². The summed E-state index contributed by atoms with van der Waals surface area (Å²) in [5, 5.41) is 11.1. The molecule has 8 atom stereocenters. The Balaban J connectivity index is 1.58. The Morgan fingerprint density at radius 2 is 1.45 bits per heavy atom. The van der Waals surface area contributed by atoms with Crippen LogP contribution < -0.4 is 0 Å². The molecule has 2 heterocycles. The Labute approximate surface area is 211 Å². The van der Waals surface area contributed by atoms with E-state index >= 15 is 0 Å². The lowest BCUT2D eigenvalue weighted by Gasteiger charge is -2.40. The van der Waals surface area contributed by atoms with Gasteiger partial charge in [0.2, 0.25) is 0 Å². The number of halogens is 2. The standard InChI is InChI=1S/C22H32I2O7/c1-6-7-8-26-14-10-12(24)17-20(31-22(4,5)29-17)18(14)27-13-9-11(23)16-19(15(13)25)30-21(2,3)28-16/h9-10,13-20,25H,6-8H2,1-5H3/t13?,14?,15-,16?,17?,18-,19?,20?/m1/s1. The second-order valence-corrected chi connectivity index (χ2v) is 11.9. The summed E-state index contributed by atoms with van der Waals surface area (Å²) in [5.74, 6) is -1.46. The maximum absolute atomic E-state index is 11.1. The zero-order valence-corrected chi connectivity index (χ0v) is 22.9. The summed E-state index contributed by atoms with van der Waals surface area (Å²) < 4.78 is 39.2. The molecule has 0 saturated carbocycles. The molecule has 0 amide bonds. The highest BCUT2D eigenvalue weighted by molar-refractivity contribution is 14.1. The molecule has 2 aliphatic heterocycles. The fraction of sp³-hybridized carbons (Fsp3) is 0.818. The summed E-state index contributed by atoms with van der Waals surface area (Å²) >= 11 is 4.55. The fourth-order valence-corrected chi connectivity index (χ4v) is 6.20. The molecule has 1 N–H and O–H groups in total. The molecule has 2 fully saturated rings. The zero-order chi connectivity index (χ0) is 22.6. The third kappa shape index (κ3) is 5.19. The lowest BCUT2D eigenvalue weighted by atomic mass is 9.93.